The van der Waals surface area contributed by atoms with Gasteiger partial charge in [0.2, 0.25) is 11.8 Å². The van der Waals surface area contributed by atoms with Gasteiger partial charge in [0, 0.05) is 25.2 Å². The number of aliphatic hydroxyl groups is 1. The molecular formula is C20H26FN3O3. The van der Waals surface area contributed by atoms with Gasteiger partial charge in [-0.3, -0.25) is 9.59 Å². The minimum atomic E-state index is -0.674. The minimum Gasteiger partial charge on any atom is -0.391 e. The highest BCUT2D eigenvalue weighted by molar-refractivity contribution is 5.83. The molecule has 146 valence electrons. The third kappa shape index (κ3) is 4.47. The standard InChI is InChI=1S/C20H26FN3O3/c1-13(2)20(27)22-16-6-9-23(10-7-18(16)25)19(26)12-24-8-5-14-3-4-15(21)11-17(14)24/h3-5,8,11,13,16,18,25H,6-7,9-10,12H2,1-2H3,(H,22,27)/t16-,18-/m0/s1. The van der Waals surface area contributed by atoms with E-state index in [2.05, 4.69) is 5.32 Å². The molecule has 1 aliphatic rings. The molecule has 1 aromatic heterocycles. The van der Waals surface area contributed by atoms with Gasteiger partial charge in [-0.1, -0.05) is 13.8 Å². The van der Waals surface area contributed by atoms with Crippen molar-refractivity contribution in [3.63, 3.8) is 0 Å². The van der Waals surface area contributed by atoms with E-state index in [0.29, 0.717) is 31.4 Å². The van der Waals surface area contributed by atoms with Crippen LogP contribution in [0.5, 0.6) is 0 Å². The molecule has 2 atom stereocenters. The van der Waals surface area contributed by atoms with Crippen LogP contribution < -0.4 is 5.32 Å². The Hall–Kier alpha value is -2.41. The van der Waals surface area contributed by atoms with E-state index in [-0.39, 0.29) is 36.1 Å². The quantitative estimate of drug-likeness (QED) is 0.857. The first kappa shape index (κ1) is 19.4. The Bertz CT molecular complexity index is 833. The average Bonchev–Trinajstić information content (AvgIpc) is 2.91. The maximum atomic E-state index is 13.5. The summed E-state index contributed by atoms with van der Waals surface area (Å²) in [4.78, 5) is 26.3. The number of aromatic nitrogens is 1. The smallest absolute Gasteiger partial charge is 0.242 e. The fourth-order valence-electron chi connectivity index (χ4n) is 3.40. The van der Waals surface area contributed by atoms with E-state index in [1.165, 1.54) is 12.1 Å². The summed E-state index contributed by atoms with van der Waals surface area (Å²) in [5.41, 5.74) is 0.681. The third-order valence-electron chi connectivity index (χ3n) is 5.12. The summed E-state index contributed by atoms with van der Waals surface area (Å²) in [6.45, 7) is 4.62. The number of hydrogen-bond acceptors (Lipinski definition) is 3. The predicted molar refractivity (Wildman–Crippen MR) is 100 cm³/mol. The van der Waals surface area contributed by atoms with E-state index in [0.717, 1.165) is 5.39 Å². The number of carbonyl (C=O) groups is 2. The molecule has 0 saturated carbocycles. The fourth-order valence-corrected chi connectivity index (χ4v) is 3.40. The molecule has 2 heterocycles. The molecule has 0 unspecified atom stereocenters. The van der Waals surface area contributed by atoms with E-state index < -0.39 is 6.10 Å². The van der Waals surface area contributed by atoms with Crippen molar-refractivity contribution in [2.45, 2.75) is 45.4 Å². The normalized spacial score (nSPS) is 20.7. The molecule has 1 aromatic carbocycles. The van der Waals surface area contributed by atoms with Crippen LogP contribution in [-0.2, 0) is 16.1 Å². The summed E-state index contributed by atoms with van der Waals surface area (Å²) < 4.78 is 15.3. The predicted octanol–water partition coefficient (Wildman–Crippen LogP) is 1.90. The van der Waals surface area contributed by atoms with Gasteiger partial charge in [-0.2, -0.15) is 0 Å². The molecule has 2 amide bonds. The molecule has 7 heteroatoms. The topological polar surface area (TPSA) is 74.6 Å². The van der Waals surface area contributed by atoms with Crippen molar-refractivity contribution < 1.29 is 19.1 Å². The molecule has 0 spiro atoms. The molecular weight excluding hydrogens is 349 g/mol. The zero-order valence-corrected chi connectivity index (χ0v) is 15.7. The van der Waals surface area contributed by atoms with Crippen molar-refractivity contribution in [2.24, 2.45) is 5.92 Å². The van der Waals surface area contributed by atoms with Crippen LogP contribution in [0.4, 0.5) is 4.39 Å². The van der Waals surface area contributed by atoms with Crippen LogP contribution in [0.2, 0.25) is 0 Å². The van der Waals surface area contributed by atoms with Gasteiger partial charge in [-0.15, -0.1) is 0 Å². The van der Waals surface area contributed by atoms with Crippen LogP contribution >= 0.6 is 0 Å². The summed E-state index contributed by atoms with van der Waals surface area (Å²) in [6.07, 6.45) is 2.02. The Kier molecular flexibility index (Phi) is 5.79. The zero-order valence-electron chi connectivity index (χ0n) is 15.7. The number of nitrogens with zero attached hydrogens (tertiary/aromatic N) is 2. The number of likely N-dealkylation sites (tertiary alicyclic amines) is 1. The molecule has 2 N–H and O–H groups in total. The van der Waals surface area contributed by atoms with Gasteiger partial charge in [0.1, 0.15) is 12.4 Å². The largest absolute Gasteiger partial charge is 0.391 e. The van der Waals surface area contributed by atoms with Gasteiger partial charge in [0.15, 0.2) is 0 Å². The van der Waals surface area contributed by atoms with Crippen molar-refractivity contribution in [3.05, 3.63) is 36.3 Å². The Morgan fingerprint density at radius 1 is 1.26 bits per heavy atom. The lowest BCUT2D eigenvalue weighted by atomic mass is 10.1. The van der Waals surface area contributed by atoms with Gasteiger partial charge in [-0.05, 0) is 42.5 Å². The number of hydrogen-bond donors (Lipinski definition) is 2. The molecule has 1 saturated heterocycles. The van der Waals surface area contributed by atoms with Gasteiger partial charge in [0.05, 0.1) is 17.7 Å². The monoisotopic (exact) mass is 375 g/mol. The Labute approximate surface area is 157 Å². The number of nitrogens with one attached hydrogen (secondary N) is 1. The highest BCUT2D eigenvalue weighted by Gasteiger charge is 2.28. The van der Waals surface area contributed by atoms with Crippen molar-refractivity contribution in [1.82, 2.24) is 14.8 Å². The molecule has 0 radical (unpaired) electrons. The summed E-state index contributed by atoms with van der Waals surface area (Å²) in [5, 5.41) is 14.1. The number of amides is 2. The van der Waals surface area contributed by atoms with Crippen LogP contribution in [0.3, 0.4) is 0 Å². The van der Waals surface area contributed by atoms with E-state index in [4.69, 9.17) is 0 Å². The number of fused-ring (bicyclic) bond motifs is 1. The van der Waals surface area contributed by atoms with Gasteiger partial charge in [-0.25, -0.2) is 4.39 Å². The Morgan fingerprint density at radius 3 is 2.74 bits per heavy atom. The average molecular weight is 375 g/mol. The molecule has 0 bridgehead atoms. The third-order valence-corrected chi connectivity index (χ3v) is 5.12. The molecule has 1 fully saturated rings. The Morgan fingerprint density at radius 2 is 2.00 bits per heavy atom. The second-order valence-electron chi connectivity index (χ2n) is 7.44. The van der Waals surface area contributed by atoms with Crippen LogP contribution in [-0.4, -0.2) is 51.6 Å². The SMILES string of the molecule is CC(C)C(=O)N[C@H]1CCN(C(=O)Cn2ccc3ccc(F)cc32)CC[C@@H]1O. The Balaban J connectivity index is 1.65. The second-order valence-corrected chi connectivity index (χ2v) is 7.44. The van der Waals surface area contributed by atoms with E-state index in [1.807, 2.05) is 6.07 Å². The lowest BCUT2D eigenvalue weighted by Crippen LogP contribution is -2.44. The summed E-state index contributed by atoms with van der Waals surface area (Å²) >= 11 is 0. The molecule has 0 aliphatic carbocycles. The van der Waals surface area contributed by atoms with Crippen molar-refractivity contribution in [3.8, 4) is 0 Å². The molecule has 1 aliphatic heterocycles. The summed E-state index contributed by atoms with van der Waals surface area (Å²) in [6, 6.07) is 6.02. The lowest BCUT2D eigenvalue weighted by Gasteiger charge is -2.22. The van der Waals surface area contributed by atoms with Gasteiger partial charge < -0.3 is 19.9 Å². The highest BCUT2D eigenvalue weighted by Crippen LogP contribution is 2.18. The zero-order chi connectivity index (χ0) is 19.6. The number of carbonyl (C=O) groups excluding carboxylic acids is 2. The summed E-state index contributed by atoms with van der Waals surface area (Å²) in [5.74, 6) is -0.670. The number of rotatable bonds is 4. The number of aliphatic hydroxyl groups excluding tert-OH is 1. The highest BCUT2D eigenvalue weighted by atomic mass is 19.1. The van der Waals surface area contributed by atoms with Crippen molar-refractivity contribution in [1.29, 1.82) is 0 Å². The molecule has 2 aromatic rings. The van der Waals surface area contributed by atoms with Gasteiger partial charge >= 0.3 is 0 Å². The number of benzene rings is 1. The van der Waals surface area contributed by atoms with E-state index >= 15 is 0 Å². The second kappa shape index (κ2) is 8.08. The minimum absolute atomic E-state index is 0.0835. The first-order valence-electron chi connectivity index (χ1n) is 9.36. The molecule has 6 nitrogen and oxygen atoms in total. The van der Waals surface area contributed by atoms with Crippen LogP contribution in [0, 0.1) is 11.7 Å². The maximum absolute atomic E-state index is 13.5. The van der Waals surface area contributed by atoms with Crippen molar-refractivity contribution >= 4 is 22.7 Å². The van der Waals surface area contributed by atoms with Crippen LogP contribution in [0.1, 0.15) is 26.7 Å². The van der Waals surface area contributed by atoms with Crippen LogP contribution in [0.15, 0.2) is 30.5 Å². The molecule has 27 heavy (non-hydrogen) atoms. The van der Waals surface area contributed by atoms with Gasteiger partial charge in [0.25, 0.3) is 0 Å². The summed E-state index contributed by atoms with van der Waals surface area (Å²) in [7, 11) is 0. The number of halogens is 1. The first-order valence-corrected chi connectivity index (χ1v) is 9.36. The maximum Gasteiger partial charge on any atom is 0.242 e. The van der Waals surface area contributed by atoms with Crippen molar-refractivity contribution in [2.75, 3.05) is 13.1 Å². The van der Waals surface area contributed by atoms with E-state index in [9.17, 15) is 19.1 Å². The van der Waals surface area contributed by atoms with Crippen LogP contribution in [0.25, 0.3) is 10.9 Å². The first-order chi connectivity index (χ1) is 12.8. The molecule has 3 rings (SSSR count). The lowest BCUT2D eigenvalue weighted by molar-refractivity contribution is -0.131. The van der Waals surface area contributed by atoms with E-state index in [1.54, 1.807) is 35.6 Å². The fraction of sp³-hybridized carbons (Fsp3) is 0.500.